The lowest BCUT2D eigenvalue weighted by Crippen LogP contribution is -1.97. The van der Waals surface area contributed by atoms with Gasteiger partial charge in [0.1, 0.15) is 17.4 Å². The van der Waals surface area contributed by atoms with E-state index in [2.05, 4.69) is 16.4 Å². The Kier molecular flexibility index (Phi) is 4.36. The lowest BCUT2D eigenvalue weighted by molar-refractivity contribution is 0.637. The summed E-state index contributed by atoms with van der Waals surface area (Å²) in [5, 5.41) is 13.0. The summed E-state index contributed by atoms with van der Waals surface area (Å²) >= 11 is 0. The van der Waals surface area contributed by atoms with E-state index in [0.29, 0.717) is 16.6 Å². The first-order valence-electron chi connectivity index (χ1n) is 6.09. The van der Waals surface area contributed by atoms with E-state index >= 15 is 0 Å². The second-order valence-corrected chi connectivity index (χ2v) is 4.29. The quantitative estimate of drug-likeness (QED) is 0.762. The maximum absolute atomic E-state index is 13.8. The largest absolute Gasteiger partial charge is 0.354 e. The molecule has 0 saturated carbocycles. The van der Waals surface area contributed by atoms with Crippen LogP contribution in [0, 0.1) is 17.1 Å². The maximum atomic E-state index is 13.8. The highest BCUT2D eigenvalue weighted by atomic mass is 35.5. The van der Waals surface area contributed by atoms with Crippen LogP contribution in [0.1, 0.15) is 5.56 Å². The molecule has 3 aromatic rings. The summed E-state index contributed by atoms with van der Waals surface area (Å²) in [6, 6.07) is 16.2. The molecule has 3 nitrogen and oxygen atoms in total. The first-order valence-corrected chi connectivity index (χ1v) is 6.09. The molecule has 0 amide bonds. The molecule has 0 radical (unpaired) electrons. The number of aromatic nitrogens is 1. The number of pyridine rings is 1. The monoisotopic (exact) mass is 299 g/mol. The number of para-hydroxylation sites is 2. The van der Waals surface area contributed by atoms with E-state index in [4.69, 9.17) is 0 Å². The Morgan fingerprint density at radius 2 is 1.81 bits per heavy atom. The van der Waals surface area contributed by atoms with Crippen LogP contribution in [0.3, 0.4) is 0 Å². The van der Waals surface area contributed by atoms with Crippen LogP contribution in [0.5, 0.6) is 0 Å². The summed E-state index contributed by atoms with van der Waals surface area (Å²) in [6.07, 6.45) is 1.39. The fourth-order valence-corrected chi connectivity index (χ4v) is 2.07. The zero-order valence-electron chi connectivity index (χ0n) is 10.9. The molecule has 0 saturated heterocycles. The maximum Gasteiger partial charge on any atom is 0.149 e. The minimum atomic E-state index is -0.400. The van der Waals surface area contributed by atoms with E-state index in [0.717, 1.165) is 5.69 Å². The number of nitrogens with one attached hydrogen (secondary N) is 1. The van der Waals surface area contributed by atoms with Gasteiger partial charge in [0.15, 0.2) is 0 Å². The Labute approximate surface area is 127 Å². The Bertz CT molecular complexity index is 813. The molecule has 3 rings (SSSR count). The molecule has 0 fully saturated rings. The van der Waals surface area contributed by atoms with Gasteiger partial charge in [0.25, 0.3) is 0 Å². The van der Waals surface area contributed by atoms with Crippen LogP contribution >= 0.6 is 12.4 Å². The van der Waals surface area contributed by atoms with E-state index in [1.54, 1.807) is 12.1 Å². The van der Waals surface area contributed by atoms with Gasteiger partial charge in [-0.1, -0.05) is 30.3 Å². The first kappa shape index (κ1) is 14.8. The fourth-order valence-electron chi connectivity index (χ4n) is 2.07. The van der Waals surface area contributed by atoms with Gasteiger partial charge in [0.05, 0.1) is 11.3 Å². The summed E-state index contributed by atoms with van der Waals surface area (Å²) in [4.78, 5) is 4.02. The van der Waals surface area contributed by atoms with Crippen molar-refractivity contribution in [3.05, 3.63) is 66.1 Å². The molecule has 0 bridgehead atoms. The van der Waals surface area contributed by atoms with Crippen molar-refractivity contribution in [2.75, 3.05) is 5.32 Å². The van der Waals surface area contributed by atoms with Gasteiger partial charge in [0, 0.05) is 17.3 Å². The molecule has 0 spiro atoms. The summed E-state index contributed by atoms with van der Waals surface area (Å²) in [7, 11) is 0. The minimum Gasteiger partial charge on any atom is -0.354 e. The number of anilines is 2. The Hall–Kier alpha value is -2.64. The molecule has 0 aliphatic heterocycles. The second kappa shape index (κ2) is 6.21. The second-order valence-electron chi connectivity index (χ2n) is 4.29. The normalized spacial score (nSPS) is 9.71. The molecule has 5 heteroatoms. The summed E-state index contributed by atoms with van der Waals surface area (Å²) in [5.74, 6) is -0.400. The summed E-state index contributed by atoms with van der Waals surface area (Å²) in [6.45, 7) is 0. The molecule has 0 unspecified atom stereocenters. The fraction of sp³-hybridized carbons (Fsp3) is 0. The predicted octanol–water partition coefficient (Wildman–Crippen LogP) is 4.41. The summed E-state index contributed by atoms with van der Waals surface area (Å²) < 4.78 is 13.8. The van der Waals surface area contributed by atoms with Crippen molar-refractivity contribution in [1.82, 2.24) is 4.98 Å². The number of hydrogen-bond acceptors (Lipinski definition) is 3. The van der Waals surface area contributed by atoms with Crippen LogP contribution < -0.4 is 5.32 Å². The highest BCUT2D eigenvalue weighted by molar-refractivity contribution is 5.95. The highest BCUT2D eigenvalue weighted by Crippen LogP contribution is 2.29. The lowest BCUT2D eigenvalue weighted by atomic mass is 10.1. The van der Waals surface area contributed by atoms with Crippen LogP contribution in [0.4, 0.5) is 15.8 Å². The number of fused-ring (bicyclic) bond motifs is 1. The van der Waals surface area contributed by atoms with E-state index in [-0.39, 0.29) is 17.9 Å². The van der Waals surface area contributed by atoms with E-state index in [1.807, 2.05) is 30.3 Å². The van der Waals surface area contributed by atoms with Crippen molar-refractivity contribution >= 4 is 34.7 Å². The number of nitrogens with zero attached hydrogens (tertiary/aromatic N) is 2. The van der Waals surface area contributed by atoms with Gasteiger partial charge < -0.3 is 5.32 Å². The van der Waals surface area contributed by atoms with Gasteiger partial charge in [0.2, 0.25) is 0 Å². The van der Waals surface area contributed by atoms with Crippen molar-refractivity contribution in [2.45, 2.75) is 0 Å². The van der Waals surface area contributed by atoms with Crippen molar-refractivity contribution in [3.63, 3.8) is 0 Å². The van der Waals surface area contributed by atoms with Gasteiger partial charge in [-0.3, -0.25) is 4.98 Å². The Balaban J connectivity index is 0.00000161. The predicted molar refractivity (Wildman–Crippen MR) is 83.4 cm³/mol. The smallest absolute Gasteiger partial charge is 0.149 e. The molecular formula is C16H11ClFN3. The van der Waals surface area contributed by atoms with Crippen molar-refractivity contribution in [2.24, 2.45) is 0 Å². The molecule has 2 aromatic carbocycles. The van der Waals surface area contributed by atoms with Gasteiger partial charge in [-0.2, -0.15) is 5.26 Å². The zero-order valence-corrected chi connectivity index (χ0v) is 11.7. The molecule has 1 N–H and O–H groups in total. The van der Waals surface area contributed by atoms with Gasteiger partial charge in [-0.15, -0.1) is 12.4 Å². The van der Waals surface area contributed by atoms with Crippen LogP contribution in [0.2, 0.25) is 0 Å². The average molecular weight is 300 g/mol. The topological polar surface area (TPSA) is 48.7 Å². The third kappa shape index (κ3) is 2.78. The summed E-state index contributed by atoms with van der Waals surface area (Å²) in [5.41, 5.74) is 2.04. The number of halogens is 2. The lowest BCUT2D eigenvalue weighted by Gasteiger charge is -2.11. The standard InChI is InChI=1S/C16H10FN3.ClH/c17-14-8-4-7-13-15(11(9-18)10-19-16(13)14)20-12-5-2-1-3-6-12;/h1-8,10H,(H,19,20);1H. The Morgan fingerprint density at radius 3 is 2.52 bits per heavy atom. The molecule has 1 aromatic heterocycles. The number of hydrogen-bond donors (Lipinski definition) is 1. The van der Waals surface area contributed by atoms with Crippen molar-refractivity contribution < 1.29 is 4.39 Å². The molecule has 0 atom stereocenters. The molecule has 104 valence electrons. The molecule has 0 aliphatic carbocycles. The highest BCUT2D eigenvalue weighted by Gasteiger charge is 2.11. The molecular weight excluding hydrogens is 289 g/mol. The number of rotatable bonds is 2. The Morgan fingerprint density at radius 1 is 1.05 bits per heavy atom. The SMILES string of the molecule is Cl.N#Cc1cnc2c(F)cccc2c1Nc1ccccc1. The first-order chi connectivity index (χ1) is 9.79. The third-order valence-electron chi connectivity index (χ3n) is 3.01. The van der Waals surface area contributed by atoms with Gasteiger partial charge in [-0.25, -0.2) is 4.39 Å². The molecule has 1 heterocycles. The average Bonchev–Trinajstić information content (AvgIpc) is 2.49. The third-order valence-corrected chi connectivity index (χ3v) is 3.01. The van der Waals surface area contributed by atoms with Crippen molar-refractivity contribution in [1.29, 1.82) is 5.26 Å². The van der Waals surface area contributed by atoms with Crippen LogP contribution in [-0.2, 0) is 0 Å². The van der Waals surface area contributed by atoms with E-state index in [1.165, 1.54) is 12.3 Å². The number of benzene rings is 2. The van der Waals surface area contributed by atoms with E-state index < -0.39 is 5.82 Å². The van der Waals surface area contributed by atoms with Gasteiger partial charge >= 0.3 is 0 Å². The van der Waals surface area contributed by atoms with Crippen molar-refractivity contribution in [3.8, 4) is 6.07 Å². The van der Waals surface area contributed by atoms with Crippen LogP contribution in [0.25, 0.3) is 10.9 Å². The van der Waals surface area contributed by atoms with Gasteiger partial charge in [-0.05, 0) is 18.2 Å². The van der Waals surface area contributed by atoms with E-state index in [9.17, 15) is 9.65 Å². The minimum absolute atomic E-state index is 0. The molecule has 0 aliphatic rings. The van der Waals surface area contributed by atoms with Crippen LogP contribution in [-0.4, -0.2) is 4.98 Å². The van der Waals surface area contributed by atoms with Crippen LogP contribution in [0.15, 0.2) is 54.7 Å². The zero-order chi connectivity index (χ0) is 13.9. The number of nitriles is 1. The molecule has 21 heavy (non-hydrogen) atoms.